The van der Waals surface area contributed by atoms with E-state index >= 15 is 0 Å². The van der Waals surface area contributed by atoms with E-state index in [0.29, 0.717) is 12.1 Å². The fraction of sp³-hybridized carbons (Fsp3) is 0.259. The lowest BCUT2D eigenvalue weighted by Crippen LogP contribution is -2.48. The van der Waals surface area contributed by atoms with Crippen molar-refractivity contribution < 1.29 is 13.6 Å². The number of hydrogen-bond acceptors (Lipinski definition) is 3. The largest absolute Gasteiger partial charge is 0.337 e. The van der Waals surface area contributed by atoms with Crippen LogP contribution in [0.5, 0.6) is 0 Å². The lowest BCUT2D eigenvalue weighted by molar-refractivity contribution is 0.183. The van der Waals surface area contributed by atoms with Gasteiger partial charge >= 0.3 is 6.03 Å². The third-order valence-electron chi connectivity index (χ3n) is 6.53. The number of likely N-dealkylation sites (tertiary alicyclic amines) is 1. The molecule has 1 heterocycles. The predicted molar refractivity (Wildman–Crippen MR) is 128 cm³/mol. The van der Waals surface area contributed by atoms with Crippen molar-refractivity contribution in [3.8, 4) is 17.2 Å². The lowest BCUT2D eigenvalue weighted by atomic mass is 9.72. The SMILES string of the molecule is CN1CCC(CNC(=O)Nc2ccc(F)cc2F)(c2ccc(-c3cccc(C#N)c3)cc2)CC1. The van der Waals surface area contributed by atoms with Crippen molar-refractivity contribution in [2.75, 3.05) is 32.0 Å². The van der Waals surface area contributed by atoms with Gasteiger partial charge in [-0.05, 0) is 73.9 Å². The Morgan fingerprint density at radius 3 is 2.44 bits per heavy atom. The molecule has 5 nitrogen and oxygen atoms in total. The van der Waals surface area contributed by atoms with E-state index in [9.17, 15) is 18.8 Å². The van der Waals surface area contributed by atoms with Crippen LogP contribution in [0.25, 0.3) is 11.1 Å². The average molecular weight is 461 g/mol. The van der Waals surface area contributed by atoms with Gasteiger partial charge in [-0.25, -0.2) is 13.6 Å². The summed E-state index contributed by atoms with van der Waals surface area (Å²) in [6.45, 7) is 2.17. The first-order chi connectivity index (χ1) is 16.4. The molecule has 0 atom stereocenters. The number of amides is 2. The van der Waals surface area contributed by atoms with E-state index in [-0.39, 0.29) is 11.1 Å². The molecule has 1 fully saturated rings. The summed E-state index contributed by atoms with van der Waals surface area (Å²) in [4.78, 5) is 14.8. The number of anilines is 1. The van der Waals surface area contributed by atoms with Crippen LogP contribution in [0.1, 0.15) is 24.0 Å². The van der Waals surface area contributed by atoms with Crippen LogP contribution in [0, 0.1) is 23.0 Å². The zero-order chi connectivity index (χ0) is 24.1. The molecule has 0 bridgehead atoms. The first-order valence-electron chi connectivity index (χ1n) is 11.2. The fourth-order valence-corrected chi connectivity index (χ4v) is 4.41. The Kier molecular flexibility index (Phi) is 6.90. The minimum Gasteiger partial charge on any atom is -0.337 e. The summed E-state index contributed by atoms with van der Waals surface area (Å²) in [5.41, 5.74) is 3.39. The smallest absolute Gasteiger partial charge is 0.319 e. The predicted octanol–water partition coefficient (Wildman–Crippen LogP) is 5.29. The molecule has 3 aromatic carbocycles. The second-order valence-corrected chi connectivity index (χ2v) is 8.79. The molecule has 4 rings (SSSR count). The van der Waals surface area contributed by atoms with Crippen LogP contribution in [-0.2, 0) is 5.41 Å². The van der Waals surface area contributed by atoms with Gasteiger partial charge in [-0.2, -0.15) is 5.26 Å². The number of nitriles is 1. The van der Waals surface area contributed by atoms with Gasteiger partial charge in [0.15, 0.2) is 0 Å². The maximum atomic E-state index is 13.9. The molecule has 2 amide bonds. The van der Waals surface area contributed by atoms with E-state index in [1.54, 1.807) is 6.07 Å². The first kappa shape index (κ1) is 23.4. The van der Waals surface area contributed by atoms with Gasteiger partial charge in [0.05, 0.1) is 17.3 Å². The van der Waals surface area contributed by atoms with Crippen molar-refractivity contribution in [2.45, 2.75) is 18.3 Å². The number of urea groups is 1. The maximum Gasteiger partial charge on any atom is 0.319 e. The molecule has 0 aromatic heterocycles. The number of rotatable bonds is 5. The fourth-order valence-electron chi connectivity index (χ4n) is 4.41. The molecule has 1 aliphatic rings. The quantitative estimate of drug-likeness (QED) is 0.544. The van der Waals surface area contributed by atoms with Crippen molar-refractivity contribution in [3.63, 3.8) is 0 Å². The van der Waals surface area contributed by atoms with E-state index in [4.69, 9.17) is 0 Å². The van der Waals surface area contributed by atoms with Gasteiger partial charge < -0.3 is 15.5 Å². The molecule has 0 spiro atoms. The maximum absolute atomic E-state index is 13.9. The van der Waals surface area contributed by atoms with Crippen molar-refractivity contribution in [2.24, 2.45) is 0 Å². The second-order valence-electron chi connectivity index (χ2n) is 8.79. The zero-order valence-corrected chi connectivity index (χ0v) is 18.9. The van der Waals surface area contributed by atoms with Crippen molar-refractivity contribution in [1.29, 1.82) is 5.26 Å². The van der Waals surface area contributed by atoms with Crippen LogP contribution in [0.3, 0.4) is 0 Å². The molecule has 1 aliphatic heterocycles. The van der Waals surface area contributed by atoms with Crippen molar-refractivity contribution in [1.82, 2.24) is 10.2 Å². The van der Waals surface area contributed by atoms with Crippen molar-refractivity contribution in [3.05, 3.63) is 89.5 Å². The van der Waals surface area contributed by atoms with Crippen LogP contribution >= 0.6 is 0 Å². The molecule has 0 radical (unpaired) electrons. The normalized spacial score (nSPS) is 15.4. The molecule has 1 saturated heterocycles. The van der Waals surface area contributed by atoms with E-state index in [1.807, 2.05) is 30.3 Å². The zero-order valence-electron chi connectivity index (χ0n) is 18.9. The molecule has 0 aliphatic carbocycles. The van der Waals surface area contributed by atoms with Gasteiger partial charge in [-0.1, -0.05) is 36.4 Å². The molecule has 0 unspecified atom stereocenters. The molecule has 34 heavy (non-hydrogen) atoms. The van der Waals surface area contributed by atoms with E-state index in [0.717, 1.165) is 54.8 Å². The summed E-state index contributed by atoms with van der Waals surface area (Å²) in [6.07, 6.45) is 1.72. The summed E-state index contributed by atoms with van der Waals surface area (Å²) in [5, 5.41) is 14.5. The summed E-state index contributed by atoms with van der Waals surface area (Å²) < 4.78 is 27.0. The number of benzene rings is 3. The highest BCUT2D eigenvalue weighted by Crippen LogP contribution is 2.36. The highest BCUT2D eigenvalue weighted by Gasteiger charge is 2.35. The van der Waals surface area contributed by atoms with Crippen LogP contribution < -0.4 is 10.6 Å². The lowest BCUT2D eigenvalue weighted by Gasteiger charge is -2.41. The standard InChI is InChI=1S/C27H26F2N4O/c1-33-13-11-27(12-14-33,18-31-26(34)32-25-10-9-23(28)16-24(25)29)22-7-5-20(6-8-22)21-4-2-3-19(15-21)17-30/h2-10,15-16H,11-14,18H2,1H3,(H2,31,32,34). The Balaban J connectivity index is 1.51. The Morgan fingerprint density at radius 2 is 1.76 bits per heavy atom. The number of hydrogen-bond donors (Lipinski definition) is 2. The van der Waals surface area contributed by atoms with Crippen molar-refractivity contribution >= 4 is 11.7 Å². The van der Waals surface area contributed by atoms with Gasteiger partial charge in [-0.3, -0.25) is 0 Å². The third kappa shape index (κ3) is 5.24. The van der Waals surface area contributed by atoms with Crippen LogP contribution in [0.2, 0.25) is 0 Å². The molecule has 2 N–H and O–H groups in total. The highest BCUT2D eigenvalue weighted by atomic mass is 19.1. The second kappa shape index (κ2) is 10.0. The van der Waals surface area contributed by atoms with Gasteiger partial charge in [0, 0.05) is 18.0 Å². The van der Waals surface area contributed by atoms with Crippen LogP contribution in [0.4, 0.5) is 19.3 Å². The third-order valence-corrected chi connectivity index (χ3v) is 6.53. The minimum absolute atomic E-state index is 0.0692. The molecule has 0 saturated carbocycles. The Hall–Kier alpha value is -3.76. The number of halogens is 2. The Bertz CT molecular complexity index is 1210. The van der Waals surface area contributed by atoms with Gasteiger partial charge in [0.2, 0.25) is 0 Å². The summed E-state index contributed by atoms with van der Waals surface area (Å²) in [7, 11) is 2.08. The molecule has 7 heteroatoms. The molecular weight excluding hydrogens is 434 g/mol. The number of carbonyl (C=O) groups excluding carboxylic acids is 1. The van der Waals surface area contributed by atoms with E-state index < -0.39 is 17.7 Å². The summed E-state index contributed by atoms with van der Waals surface area (Å²) >= 11 is 0. The van der Waals surface area contributed by atoms with Gasteiger partial charge in [-0.15, -0.1) is 0 Å². The minimum atomic E-state index is -0.819. The molecule has 174 valence electrons. The van der Waals surface area contributed by atoms with Crippen LogP contribution in [0.15, 0.2) is 66.7 Å². The average Bonchev–Trinajstić information content (AvgIpc) is 2.86. The molecular formula is C27H26F2N4O. The van der Waals surface area contributed by atoms with E-state index in [2.05, 4.69) is 40.8 Å². The first-order valence-corrected chi connectivity index (χ1v) is 11.2. The monoisotopic (exact) mass is 460 g/mol. The topological polar surface area (TPSA) is 68.2 Å². The van der Waals surface area contributed by atoms with Gasteiger partial charge in [0.25, 0.3) is 0 Å². The number of carbonyl (C=O) groups is 1. The number of nitrogens with zero attached hydrogens (tertiary/aromatic N) is 2. The summed E-state index contributed by atoms with van der Waals surface area (Å²) in [6, 6.07) is 20.4. The highest BCUT2D eigenvalue weighted by molar-refractivity contribution is 5.89. The number of nitrogens with one attached hydrogen (secondary N) is 2. The van der Waals surface area contributed by atoms with Gasteiger partial charge in [0.1, 0.15) is 11.6 Å². The van der Waals surface area contributed by atoms with E-state index in [1.165, 1.54) is 6.07 Å². The summed E-state index contributed by atoms with van der Waals surface area (Å²) in [5.74, 6) is -1.52. The Labute approximate surface area is 198 Å². The van der Waals surface area contributed by atoms with Crippen LogP contribution in [-0.4, -0.2) is 37.6 Å². The Morgan fingerprint density at radius 1 is 1.03 bits per heavy atom. The number of piperidine rings is 1. The molecule has 3 aromatic rings.